The maximum absolute atomic E-state index is 3.72. The van der Waals surface area contributed by atoms with Gasteiger partial charge in [-0.15, -0.1) is 0 Å². The molecule has 1 saturated heterocycles. The van der Waals surface area contributed by atoms with Gasteiger partial charge in [0.25, 0.3) is 0 Å². The lowest BCUT2D eigenvalue weighted by atomic mass is 9.86. The molecule has 0 aromatic carbocycles. The SMILES string of the molecule is CC1(CN2CCCNC(C(C)(C)C)C2)CC1. The average molecular weight is 224 g/mol. The Hall–Kier alpha value is -0.0800. The standard InChI is InChI=1S/C14H28N2/c1-13(2,3)12-10-16(9-5-8-15-12)11-14(4)6-7-14/h12,15H,5-11H2,1-4H3. The van der Waals surface area contributed by atoms with Crippen LogP contribution in [0.15, 0.2) is 0 Å². The van der Waals surface area contributed by atoms with Crippen LogP contribution in [0.3, 0.4) is 0 Å². The average Bonchev–Trinajstić information content (AvgIpc) is 2.89. The summed E-state index contributed by atoms with van der Waals surface area (Å²) in [7, 11) is 0. The van der Waals surface area contributed by atoms with E-state index in [2.05, 4.69) is 37.9 Å². The van der Waals surface area contributed by atoms with Crippen LogP contribution in [0.5, 0.6) is 0 Å². The predicted molar refractivity (Wildman–Crippen MR) is 69.6 cm³/mol. The van der Waals surface area contributed by atoms with Crippen LogP contribution in [0.2, 0.25) is 0 Å². The normalized spacial score (nSPS) is 31.1. The fourth-order valence-corrected chi connectivity index (χ4v) is 2.63. The minimum absolute atomic E-state index is 0.382. The number of nitrogens with zero attached hydrogens (tertiary/aromatic N) is 1. The third-order valence-corrected chi connectivity index (χ3v) is 4.24. The van der Waals surface area contributed by atoms with Crippen molar-refractivity contribution in [1.82, 2.24) is 10.2 Å². The van der Waals surface area contributed by atoms with Gasteiger partial charge in [0.1, 0.15) is 0 Å². The van der Waals surface area contributed by atoms with Gasteiger partial charge in [0, 0.05) is 19.1 Å². The first-order valence-electron chi connectivity index (χ1n) is 6.85. The quantitative estimate of drug-likeness (QED) is 0.775. The second-order valence-electron chi connectivity index (χ2n) is 7.27. The van der Waals surface area contributed by atoms with Crippen molar-refractivity contribution in [3.05, 3.63) is 0 Å². The molecule has 2 fully saturated rings. The third-order valence-electron chi connectivity index (χ3n) is 4.24. The molecular weight excluding hydrogens is 196 g/mol. The lowest BCUT2D eigenvalue weighted by Crippen LogP contribution is -2.47. The van der Waals surface area contributed by atoms with Gasteiger partial charge in [-0.2, -0.15) is 0 Å². The molecule has 1 aliphatic carbocycles. The van der Waals surface area contributed by atoms with E-state index in [1.54, 1.807) is 0 Å². The molecule has 16 heavy (non-hydrogen) atoms. The van der Waals surface area contributed by atoms with Crippen molar-refractivity contribution >= 4 is 0 Å². The minimum Gasteiger partial charge on any atom is -0.312 e. The maximum atomic E-state index is 3.72. The largest absolute Gasteiger partial charge is 0.312 e. The Morgan fingerprint density at radius 1 is 1.31 bits per heavy atom. The molecule has 2 nitrogen and oxygen atoms in total. The van der Waals surface area contributed by atoms with E-state index in [-0.39, 0.29) is 0 Å². The summed E-state index contributed by atoms with van der Waals surface area (Å²) in [5.41, 5.74) is 1.04. The lowest BCUT2D eigenvalue weighted by molar-refractivity contribution is 0.176. The van der Waals surface area contributed by atoms with Crippen molar-refractivity contribution in [3.63, 3.8) is 0 Å². The summed E-state index contributed by atoms with van der Waals surface area (Å²) in [5.74, 6) is 0. The van der Waals surface area contributed by atoms with Gasteiger partial charge in [-0.3, -0.25) is 0 Å². The summed E-state index contributed by atoms with van der Waals surface area (Å²) in [5, 5.41) is 3.72. The summed E-state index contributed by atoms with van der Waals surface area (Å²) in [6.07, 6.45) is 4.19. The Bertz CT molecular complexity index is 238. The van der Waals surface area contributed by atoms with Gasteiger partial charge in [0.2, 0.25) is 0 Å². The fraction of sp³-hybridized carbons (Fsp3) is 1.00. The van der Waals surface area contributed by atoms with E-state index in [1.165, 1.54) is 45.4 Å². The highest BCUT2D eigenvalue weighted by molar-refractivity contribution is 4.94. The van der Waals surface area contributed by atoms with Gasteiger partial charge in [0.05, 0.1) is 0 Å². The van der Waals surface area contributed by atoms with Gasteiger partial charge < -0.3 is 10.2 Å². The highest BCUT2D eigenvalue weighted by atomic mass is 15.2. The molecule has 1 aliphatic heterocycles. The molecule has 0 radical (unpaired) electrons. The van der Waals surface area contributed by atoms with Crippen LogP contribution in [-0.4, -0.2) is 37.1 Å². The molecule has 2 rings (SSSR count). The summed E-state index contributed by atoms with van der Waals surface area (Å²) < 4.78 is 0. The second kappa shape index (κ2) is 4.30. The third kappa shape index (κ3) is 3.21. The Morgan fingerprint density at radius 3 is 2.56 bits per heavy atom. The van der Waals surface area contributed by atoms with E-state index < -0.39 is 0 Å². The van der Waals surface area contributed by atoms with E-state index in [4.69, 9.17) is 0 Å². The zero-order valence-corrected chi connectivity index (χ0v) is 11.5. The van der Waals surface area contributed by atoms with Crippen molar-refractivity contribution in [2.24, 2.45) is 10.8 Å². The number of nitrogens with one attached hydrogen (secondary N) is 1. The van der Waals surface area contributed by atoms with Crippen molar-refractivity contribution < 1.29 is 0 Å². The first-order chi connectivity index (χ1) is 7.39. The highest BCUT2D eigenvalue weighted by Gasteiger charge is 2.39. The smallest absolute Gasteiger partial charge is 0.0243 e. The van der Waals surface area contributed by atoms with Crippen LogP contribution in [0.25, 0.3) is 0 Å². The van der Waals surface area contributed by atoms with E-state index in [1.807, 2.05) is 0 Å². The van der Waals surface area contributed by atoms with Crippen molar-refractivity contribution in [3.8, 4) is 0 Å². The first-order valence-corrected chi connectivity index (χ1v) is 6.85. The Balaban J connectivity index is 1.92. The molecule has 0 bridgehead atoms. The zero-order chi connectivity index (χ0) is 11.8. The van der Waals surface area contributed by atoms with Crippen LogP contribution >= 0.6 is 0 Å². The predicted octanol–water partition coefficient (Wildman–Crippen LogP) is 2.50. The molecule has 1 saturated carbocycles. The van der Waals surface area contributed by atoms with Crippen molar-refractivity contribution in [2.75, 3.05) is 26.2 Å². The molecule has 1 atom stereocenters. The van der Waals surface area contributed by atoms with E-state index in [0.717, 1.165) is 0 Å². The minimum atomic E-state index is 0.382. The van der Waals surface area contributed by atoms with Gasteiger partial charge in [0.15, 0.2) is 0 Å². The van der Waals surface area contributed by atoms with Crippen LogP contribution in [0, 0.1) is 10.8 Å². The molecule has 94 valence electrons. The molecule has 2 aliphatic rings. The summed E-state index contributed by atoms with van der Waals surface area (Å²) in [6, 6.07) is 0.650. The topological polar surface area (TPSA) is 15.3 Å². The summed E-state index contributed by atoms with van der Waals surface area (Å²) in [6.45, 7) is 14.5. The van der Waals surface area contributed by atoms with Gasteiger partial charge in [-0.25, -0.2) is 0 Å². The number of rotatable bonds is 2. The van der Waals surface area contributed by atoms with Crippen molar-refractivity contribution in [1.29, 1.82) is 0 Å². The number of hydrogen-bond donors (Lipinski definition) is 1. The van der Waals surface area contributed by atoms with Crippen molar-refractivity contribution in [2.45, 2.75) is 53.0 Å². The molecule has 0 amide bonds. The van der Waals surface area contributed by atoms with E-state index in [9.17, 15) is 0 Å². The molecule has 0 aromatic heterocycles. The Morgan fingerprint density at radius 2 is 2.00 bits per heavy atom. The van der Waals surface area contributed by atoms with E-state index >= 15 is 0 Å². The van der Waals surface area contributed by atoms with E-state index in [0.29, 0.717) is 16.9 Å². The fourth-order valence-electron chi connectivity index (χ4n) is 2.63. The molecule has 1 unspecified atom stereocenters. The summed E-state index contributed by atoms with van der Waals surface area (Å²) >= 11 is 0. The zero-order valence-electron chi connectivity index (χ0n) is 11.5. The number of hydrogen-bond acceptors (Lipinski definition) is 2. The Labute approximate surface area is 101 Å². The molecule has 1 heterocycles. The van der Waals surface area contributed by atoms with Gasteiger partial charge in [-0.1, -0.05) is 27.7 Å². The second-order valence-corrected chi connectivity index (χ2v) is 7.27. The van der Waals surface area contributed by atoms with Crippen LogP contribution in [0.4, 0.5) is 0 Å². The van der Waals surface area contributed by atoms with Crippen LogP contribution in [0.1, 0.15) is 47.0 Å². The monoisotopic (exact) mass is 224 g/mol. The summed E-state index contributed by atoms with van der Waals surface area (Å²) in [4.78, 5) is 2.70. The molecule has 0 spiro atoms. The van der Waals surface area contributed by atoms with Gasteiger partial charge >= 0.3 is 0 Å². The van der Waals surface area contributed by atoms with Gasteiger partial charge in [-0.05, 0) is 43.2 Å². The first kappa shape index (κ1) is 12.4. The highest BCUT2D eigenvalue weighted by Crippen LogP contribution is 2.45. The van der Waals surface area contributed by atoms with Crippen LogP contribution < -0.4 is 5.32 Å². The lowest BCUT2D eigenvalue weighted by Gasteiger charge is -2.34. The Kier molecular flexibility index (Phi) is 3.33. The molecule has 1 N–H and O–H groups in total. The molecular formula is C14H28N2. The maximum Gasteiger partial charge on any atom is 0.0243 e. The van der Waals surface area contributed by atoms with Crippen LogP contribution in [-0.2, 0) is 0 Å². The molecule has 0 aromatic rings. The molecule has 2 heteroatoms.